The molecule has 3 rings (SSSR count). The number of aliphatic hydroxyl groups excluding tert-OH is 4. The molecular weight excluding hydrogens is 380 g/mol. The van der Waals surface area contributed by atoms with Crippen molar-refractivity contribution in [2.45, 2.75) is 30.7 Å². The molecule has 1 saturated heterocycles. The summed E-state index contributed by atoms with van der Waals surface area (Å²) in [6.45, 7) is -0.519. The van der Waals surface area contributed by atoms with Crippen LogP contribution in [-0.2, 0) is 4.74 Å². The average Bonchev–Trinajstić information content (AvgIpc) is 2.73. The van der Waals surface area contributed by atoms with Gasteiger partial charge >= 0.3 is 0 Å². The highest BCUT2D eigenvalue weighted by molar-refractivity contribution is 5.71. The van der Waals surface area contributed by atoms with Gasteiger partial charge in [0.05, 0.1) is 13.7 Å². The van der Waals surface area contributed by atoms with Crippen molar-refractivity contribution < 1.29 is 39.7 Å². The van der Waals surface area contributed by atoms with Gasteiger partial charge < -0.3 is 39.7 Å². The Bertz CT molecular complexity index is 833. The molecule has 8 heteroatoms. The monoisotopic (exact) mass is 404 g/mol. The first-order chi connectivity index (χ1) is 13.9. The highest BCUT2D eigenvalue weighted by Gasteiger charge is 2.44. The Hall–Kier alpha value is -2.62. The quantitative estimate of drug-likeness (QED) is 0.446. The fourth-order valence-electron chi connectivity index (χ4n) is 2.97. The van der Waals surface area contributed by atoms with E-state index < -0.39 is 37.3 Å². The molecule has 8 nitrogen and oxygen atoms in total. The minimum absolute atomic E-state index is 0.104. The summed E-state index contributed by atoms with van der Waals surface area (Å²) < 4.78 is 16.0. The third-order valence-electron chi connectivity index (χ3n) is 4.60. The first-order valence-corrected chi connectivity index (χ1v) is 9.04. The van der Waals surface area contributed by atoms with Crippen LogP contribution in [0.5, 0.6) is 17.2 Å². The Morgan fingerprint density at radius 3 is 2.24 bits per heavy atom. The molecule has 0 aliphatic carbocycles. The molecular formula is C21H24O8. The third-order valence-corrected chi connectivity index (χ3v) is 4.60. The molecule has 29 heavy (non-hydrogen) atoms. The number of phenols is 1. The number of aliphatic hydroxyl groups is 4. The third kappa shape index (κ3) is 5.06. The summed E-state index contributed by atoms with van der Waals surface area (Å²) in [4.78, 5) is 0. The van der Waals surface area contributed by atoms with E-state index >= 15 is 0 Å². The summed E-state index contributed by atoms with van der Waals surface area (Å²) in [5.41, 5.74) is 1.62. The van der Waals surface area contributed by atoms with Gasteiger partial charge in [0.2, 0.25) is 6.29 Å². The topological polar surface area (TPSA) is 129 Å². The van der Waals surface area contributed by atoms with Gasteiger partial charge in [0.1, 0.15) is 41.7 Å². The molecule has 1 heterocycles. The van der Waals surface area contributed by atoms with E-state index in [1.165, 1.54) is 13.2 Å². The van der Waals surface area contributed by atoms with Crippen LogP contribution in [0.3, 0.4) is 0 Å². The van der Waals surface area contributed by atoms with Crippen LogP contribution in [0.2, 0.25) is 0 Å². The Balaban J connectivity index is 1.66. The number of rotatable bonds is 6. The second-order valence-electron chi connectivity index (χ2n) is 6.68. The Morgan fingerprint density at radius 2 is 1.59 bits per heavy atom. The van der Waals surface area contributed by atoms with Crippen molar-refractivity contribution in [3.05, 3.63) is 53.6 Å². The molecule has 0 radical (unpaired) electrons. The molecule has 1 aliphatic heterocycles. The summed E-state index contributed by atoms with van der Waals surface area (Å²) in [6.07, 6.45) is -2.99. The lowest BCUT2D eigenvalue weighted by molar-refractivity contribution is -0.277. The predicted octanol–water partition coefficient (Wildman–Crippen LogP) is 0.750. The van der Waals surface area contributed by atoms with Crippen molar-refractivity contribution in [1.82, 2.24) is 0 Å². The summed E-state index contributed by atoms with van der Waals surface area (Å²) in [5, 5.41) is 48.6. The highest BCUT2D eigenvalue weighted by atomic mass is 16.7. The Labute approximate surface area is 167 Å². The summed E-state index contributed by atoms with van der Waals surface area (Å²) in [7, 11) is 1.52. The van der Waals surface area contributed by atoms with E-state index in [0.29, 0.717) is 11.5 Å². The van der Waals surface area contributed by atoms with Crippen LogP contribution in [0.4, 0.5) is 0 Å². The number of benzene rings is 2. The summed E-state index contributed by atoms with van der Waals surface area (Å²) >= 11 is 0. The number of hydrogen-bond donors (Lipinski definition) is 5. The molecule has 5 atom stereocenters. The second-order valence-corrected chi connectivity index (χ2v) is 6.68. The van der Waals surface area contributed by atoms with Crippen LogP contribution in [-0.4, -0.2) is 70.0 Å². The number of phenolic OH excluding ortho intramolecular Hbond substituents is 1. The van der Waals surface area contributed by atoms with Crippen molar-refractivity contribution in [2.75, 3.05) is 13.7 Å². The normalized spacial score (nSPS) is 27.1. The number of aromatic hydroxyl groups is 1. The van der Waals surface area contributed by atoms with E-state index in [4.69, 9.17) is 14.2 Å². The zero-order valence-corrected chi connectivity index (χ0v) is 15.8. The maximum atomic E-state index is 10.0. The van der Waals surface area contributed by atoms with Crippen LogP contribution in [0.1, 0.15) is 11.1 Å². The summed E-state index contributed by atoms with van der Waals surface area (Å²) in [6, 6.07) is 11.8. The molecule has 2 aromatic carbocycles. The largest absolute Gasteiger partial charge is 0.508 e. The van der Waals surface area contributed by atoms with Gasteiger partial charge in [0.15, 0.2) is 0 Å². The fraction of sp³-hybridized carbons (Fsp3) is 0.333. The van der Waals surface area contributed by atoms with Crippen LogP contribution < -0.4 is 9.47 Å². The number of hydrogen-bond acceptors (Lipinski definition) is 8. The number of methoxy groups -OCH3 is 1. The second kappa shape index (κ2) is 9.25. The van der Waals surface area contributed by atoms with E-state index in [-0.39, 0.29) is 5.75 Å². The Morgan fingerprint density at radius 1 is 0.897 bits per heavy atom. The molecule has 0 aromatic heterocycles. The van der Waals surface area contributed by atoms with Gasteiger partial charge in [-0.1, -0.05) is 24.3 Å². The minimum Gasteiger partial charge on any atom is -0.508 e. The lowest BCUT2D eigenvalue weighted by atomic mass is 9.99. The smallest absolute Gasteiger partial charge is 0.229 e. The van der Waals surface area contributed by atoms with Gasteiger partial charge in [-0.15, -0.1) is 0 Å². The van der Waals surface area contributed by atoms with Crippen LogP contribution in [0, 0.1) is 0 Å². The molecule has 156 valence electrons. The Kier molecular flexibility index (Phi) is 6.73. The van der Waals surface area contributed by atoms with Crippen molar-refractivity contribution in [3.63, 3.8) is 0 Å². The fourth-order valence-corrected chi connectivity index (χ4v) is 2.97. The van der Waals surface area contributed by atoms with Crippen molar-refractivity contribution in [1.29, 1.82) is 0 Å². The average molecular weight is 404 g/mol. The zero-order valence-electron chi connectivity index (χ0n) is 15.8. The van der Waals surface area contributed by atoms with Gasteiger partial charge in [-0.05, 0) is 35.4 Å². The van der Waals surface area contributed by atoms with Gasteiger partial charge in [0.25, 0.3) is 0 Å². The molecule has 5 N–H and O–H groups in total. The molecule has 1 fully saturated rings. The molecule has 0 saturated carbocycles. The highest BCUT2D eigenvalue weighted by Crippen LogP contribution is 2.26. The van der Waals surface area contributed by atoms with E-state index in [0.717, 1.165) is 11.1 Å². The van der Waals surface area contributed by atoms with Gasteiger partial charge in [-0.2, -0.15) is 0 Å². The first-order valence-electron chi connectivity index (χ1n) is 9.04. The standard InChI is InChI=1S/C21H24O8/c1-27-16-9-13(8-14(23)10-16)3-2-12-4-6-15(7-5-12)28-21-20(26)19(25)18(24)17(11-22)29-21/h2-10,17-26H,11H2,1H3/b3-2-/t17-,18-,19+,20-,21-/m1/s1. The molecule has 0 amide bonds. The van der Waals surface area contributed by atoms with E-state index in [1.54, 1.807) is 36.4 Å². The van der Waals surface area contributed by atoms with Crippen molar-refractivity contribution >= 4 is 12.2 Å². The van der Waals surface area contributed by atoms with Crippen LogP contribution >= 0.6 is 0 Å². The van der Waals surface area contributed by atoms with Gasteiger partial charge in [0, 0.05) is 6.07 Å². The lowest BCUT2D eigenvalue weighted by Gasteiger charge is -2.39. The van der Waals surface area contributed by atoms with Gasteiger partial charge in [-0.3, -0.25) is 0 Å². The van der Waals surface area contributed by atoms with Crippen LogP contribution in [0.25, 0.3) is 12.2 Å². The summed E-state index contributed by atoms with van der Waals surface area (Å²) in [5.74, 6) is 1.03. The maximum absolute atomic E-state index is 10.0. The molecule has 1 aliphatic rings. The van der Waals surface area contributed by atoms with E-state index in [2.05, 4.69) is 0 Å². The molecule has 0 unspecified atom stereocenters. The predicted molar refractivity (Wildman–Crippen MR) is 104 cm³/mol. The lowest BCUT2D eigenvalue weighted by Crippen LogP contribution is -2.60. The molecule has 0 spiro atoms. The molecule has 2 aromatic rings. The van der Waals surface area contributed by atoms with Crippen molar-refractivity contribution in [3.8, 4) is 17.2 Å². The van der Waals surface area contributed by atoms with Crippen molar-refractivity contribution in [2.24, 2.45) is 0 Å². The maximum Gasteiger partial charge on any atom is 0.229 e. The molecule has 0 bridgehead atoms. The van der Waals surface area contributed by atoms with Gasteiger partial charge in [-0.25, -0.2) is 0 Å². The first kappa shape index (κ1) is 21.1. The minimum atomic E-state index is -1.49. The SMILES string of the molecule is COc1cc(O)cc(/C=C\c2ccc(O[C@@H]3O[C@H](CO)[C@@H](O)[C@H](O)[C@H]3O)cc2)c1. The van der Waals surface area contributed by atoms with E-state index in [9.17, 15) is 25.5 Å². The van der Waals surface area contributed by atoms with E-state index in [1.807, 2.05) is 12.2 Å². The van der Waals surface area contributed by atoms with Crippen LogP contribution in [0.15, 0.2) is 42.5 Å². The zero-order chi connectivity index (χ0) is 21.0. The number of ether oxygens (including phenoxy) is 3.